The molecule has 2 aliphatic rings. The summed E-state index contributed by atoms with van der Waals surface area (Å²) in [7, 11) is 2.06. The molecule has 4 rings (SSSR count). The van der Waals surface area contributed by atoms with E-state index in [-0.39, 0.29) is 12.0 Å². The van der Waals surface area contributed by atoms with Crippen molar-refractivity contribution in [3.63, 3.8) is 0 Å². The van der Waals surface area contributed by atoms with Gasteiger partial charge in [0, 0.05) is 23.6 Å². The molecule has 24 heavy (non-hydrogen) atoms. The van der Waals surface area contributed by atoms with Crippen LogP contribution in [0.4, 0.5) is 0 Å². The van der Waals surface area contributed by atoms with Crippen LogP contribution in [-0.4, -0.2) is 6.10 Å². The maximum Gasteiger partial charge on any atom is 0.212 e. The Balaban J connectivity index is 1.87. The van der Waals surface area contributed by atoms with Gasteiger partial charge in [0.15, 0.2) is 6.20 Å². The van der Waals surface area contributed by atoms with Gasteiger partial charge < -0.3 is 4.74 Å². The minimum Gasteiger partial charge on any atom is -0.485 e. The standard InChI is InChI=1S/C21H19N2O/c1-13-14(2)21-16-8-7-15(12-22)10-19(16)24-20(21)11-17(13)18-6-4-5-9-23(18)3/h4-11,16,19H,1-3H3/q+1. The van der Waals surface area contributed by atoms with Crippen molar-refractivity contribution in [1.82, 2.24) is 0 Å². The van der Waals surface area contributed by atoms with Crippen LogP contribution in [0.3, 0.4) is 0 Å². The molecule has 1 aromatic heterocycles. The summed E-state index contributed by atoms with van der Waals surface area (Å²) in [6, 6.07) is 10.6. The number of aryl methyl sites for hydroxylation is 1. The van der Waals surface area contributed by atoms with Crippen LogP contribution < -0.4 is 9.30 Å². The highest BCUT2D eigenvalue weighted by Gasteiger charge is 2.36. The molecule has 0 N–H and O–H groups in total. The average Bonchev–Trinajstić information content (AvgIpc) is 2.96. The van der Waals surface area contributed by atoms with E-state index in [1.54, 1.807) is 0 Å². The summed E-state index contributed by atoms with van der Waals surface area (Å²) in [4.78, 5) is 0. The van der Waals surface area contributed by atoms with Crippen molar-refractivity contribution in [2.75, 3.05) is 0 Å². The number of ether oxygens (including phenoxy) is 1. The van der Waals surface area contributed by atoms with Gasteiger partial charge in [-0.2, -0.15) is 5.26 Å². The molecule has 0 fully saturated rings. The van der Waals surface area contributed by atoms with Crippen LogP contribution in [0, 0.1) is 25.2 Å². The number of rotatable bonds is 1. The van der Waals surface area contributed by atoms with Gasteiger partial charge in [0.1, 0.15) is 18.9 Å². The number of hydrogen-bond acceptors (Lipinski definition) is 2. The summed E-state index contributed by atoms with van der Waals surface area (Å²) in [6.07, 6.45) is 7.92. The molecule has 0 radical (unpaired) electrons. The minimum absolute atomic E-state index is 0.0717. The molecule has 1 aliphatic carbocycles. The molecule has 2 heterocycles. The topological polar surface area (TPSA) is 36.9 Å². The van der Waals surface area contributed by atoms with Crippen molar-refractivity contribution in [2.24, 2.45) is 7.05 Å². The van der Waals surface area contributed by atoms with E-state index in [1.165, 1.54) is 27.9 Å². The second kappa shape index (κ2) is 5.35. The first kappa shape index (κ1) is 14.7. The van der Waals surface area contributed by atoms with Gasteiger partial charge in [-0.05, 0) is 49.3 Å². The second-order valence-corrected chi connectivity index (χ2v) is 6.48. The quantitative estimate of drug-likeness (QED) is 0.753. The van der Waals surface area contributed by atoms with E-state index < -0.39 is 0 Å². The summed E-state index contributed by atoms with van der Waals surface area (Å²) in [5.74, 6) is 1.14. The molecule has 0 bridgehead atoms. The zero-order chi connectivity index (χ0) is 16.8. The van der Waals surface area contributed by atoms with E-state index in [9.17, 15) is 0 Å². The van der Waals surface area contributed by atoms with Crippen molar-refractivity contribution >= 4 is 0 Å². The molecular formula is C21H19N2O+. The highest BCUT2D eigenvalue weighted by Crippen LogP contribution is 2.46. The van der Waals surface area contributed by atoms with Gasteiger partial charge in [0.2, 0.25) is 5.69 Å². The molecule has 1 aliphatic heterocycles. The van der Waals surface area contributed by atoms with Crippen LogP contribution in [0.5, 0.6) is 5.75 Å². The van der Waals surface area contributed by atoms with E-state index in [0.29, 0.717) is 5.57 Å². The first-order valence-electron chi connectivity index (χ1n) is 8.16. The summed E-state index contributed by atoms with van der Waals surface area (Å²) >= 11 is 0. The maximum absolute atomic E-state index is 9.12. The first-order valence-corrected chi connectivity index (χ1v) is 8.16. The van der Waals surface area contributed by atoms with Crippen LogP contribution in [0.15, 0.2) is 54.3 Å². The molecule has 0 spiro atoms. The SMILES string of the molecule is Cc1c(-c2cccc[n+]2C)cc2c(c1C)C1C=CC(C#N)=CC1O2. The Morgan fingerprint density at radius 1 is 1.21 bits per heavy atom. The Kier molecular flexibility index (Phi) is 3.28. The summed E-state index contributed by atoms with van der Waals surface area (Å²) in [6.45, 7) is 4.35. The number of allylic oxidation sites excluding steroid dienone is 2. The second-order valence-electron chi connectivity index (χ2n) is 6.48. The fraction of sp³-hybridized carbons (Fsp3) is 0.238. The average molecular weight is 315 g/mol. The lowest BCUT2D eigenvalue weighted by atomic mass is 9.84. The highest BCUT2D eigenvalue weighted by molar-refractivity contribution is 5.70. The molecule has 118 valence electrons. The molecule has 0 amide bonds. The molecule has 2 unspecified atom stereocenters. The molecule has 3 heteroatoms. The Labute approximate surface area is 142 Å². The summed E-state index contributed by atoms with van der Waals surface area (Å²) < 4.78 is 8.32. The van der Waals surface area contributed by atoms with Gasteiger partial charge >= 0.3 is 0 Å². The highest BCUT2D eigenvalue weighted by atomic mass is 16.5. The van der Waals surface area contributed by atoms with E-state index in [2.05, 4.69) is 62.0 Å². The monoisotopic (exact) mass is 315 g/mol. The zero-order valence-electron chi connectivity index (χ0n) is 14.1. The van der Waals surface area contributed by atoms with E-state index in [1.807, 2.05) is 18.2 Å². The van der Waals surface area contributed by atoms with E-state index >= 15 is 0 Å². The third-order valence-corrected chi connectivity index (χ3v) is 5.15. The predicted molar refractivity (Wildman–Crippen MR) is 92.5 cm³/mol. The molecule has 1 aromatic carbocycles. The number of aromatic nitrogens is 1. The molecule has 0 saturated heterocycles. The van der Waals surface area contributed by atoms with Gasteiger partial charge in [-0.15, -0.1) is 0 Å². The van der Waals surface area contributed by atoms with Crippen LogP contribution >= 0.6 is 0 Å². The third kappa shape index (κ3) is 2.07. The fourth-order valence-corrected chi connectivity index (χ4v) is 3.73. The number of fused-ring (bicyclic) bond motifs is 3. The number of nitriles is 1. The van der Waals surface area contributed by atoms with Crippen molar-refractivity contribution in [2.45, 2.75) is 25.9 Å². The van der Waals surface area contributed by atoms with Crippen LogP contribution in [0.25, 0.3) is 11.3 Å². The Morgan fingerprint density at radius 2 is 2.04 bits per heavy atom. The fourth-order valence-electron chi connectivity index (χ4n) is 3.73. The normalized spacial score (nSPS) is 20.7. The molecule has 2 atom stereocenters. The lowest BCUT2D eigenvalue weighted by molar-refractivity contribution is -0.660. The Morgan fingerprint density at radius 3 is 2.79 bits per heavy atom. The van der Waals surface area contributed by atoms with Gasteiger partial charge in [-0.25, -0.2) is 4.57 Å². The van der Waals surface area contributed by atoms with Crippen molar-refractivity contribution in [3.8, 4) is 23.1 Å². The third-order valence-electron chi connectivity index (χ3n) is 5.15. The van der Waals surface area contributed by atoms with Gasteiger partial charge in [-0.1, -0.05) is 6.08 Å². The molecular weight excluding hydrogens is 296 g/mol. The lowest BCUT2D eigenvalue weighted by Crippen LogP contribution is -2.30. The van der Waals surface area contributed by atoms with E-state index in [4.69, 9.17) is 10.00 Å². The van der Waals surface area contributed by atoms with E-state index in [0.717, 1.165) is 5.75 Å². The Hall–Kier alpha value is -2.86. The molecule has 0 saturated carbocycles. The molecule has 3 nitrogen and oxygen atoms in total. The Bertz CT molecular complexity index is 947. The summed E-state index contributed by atoms with van der Waals surface area (Å²) in [5, 5.41) is 9.12. The first-order chi connectivity index (χ1) is 11.6. The number of nitrogens with zero attached hydrogens (tertiary/aromatic N) is 2. The van der Waals surface area contributed by atoms with Crippen molar-refractivity contribution in [3.05, 3.63) is 71.0 Å². The van der Waals surface area contributed by atoms with Crippen LogP contribution in [0.1, 0.15) is 22.6 Å². The number of pyridine rings is 1. The summed E-state index contributed by atoms with van der Waals surface area (Å²) in [5.41, 5.74) is 6.85. The largest absolute Gasteiger partial charge is 0.485 e. The number of hydrogen-bond donors (Lipinski definition) is 0. The number of benzene rings is 1. The van der Waals surface area contributed by atoms with Crippen molar-refractivity contribution < 1.29 is 9.30 Å². The maximum atomic E-state index is 9.12. The minimum atomic E-state index is -0.0717. The molecule has 2 aromatic rings. The van der Waals surface area contributed by atoms with Crippen LogP contribution in [-0.2, 0) is 7.05 Å². The lowest BCUT2D eigenvalue weighted by Gasteiger charge is -2.17. The van der Waals surface area contributed by atoms with Gasteiger partial charge in [-0.3, -0.25) is 0 Å². The van der Waals surface area contributed by atoms with Gasteiger partial charge in [0.05, 0.1) is 17.2 Å². The predicted octanol–water partition coefficient (Wildman–Crippen LogP) is 3.66. The van der Waals surface area contributed by atoms with Gasteiger partial charge in [0.25, 0.3) is 0 Å². The zero-order valence-corrected chi connectivity index (χ0v) is 14.1. The smallest absolute Gasteiger partial charge is 0.212 e. The van der Waals surface area contributed by atoms with Crippen molar-refractivity contribution in [1.29, 1.82) is 5.26 Å². The van der Waals surface area contributed by atoms with Crippen LogP contribution in [0.2, 0.25) is 0 Å².